The number of anilines is 2. The fraction of sp³-hybridized carbons (Fsp3) is 0.125. The Morgan fingerprint density at radius 2 is 2.12 bits per heavy atom. The molecule has 1 aromatic carbocycles. The van der Waals surface area contributed by atoms with Crippen molar-refractivity contribution in [2.45, 2.75) is 0 Å². The minimum Gasteiger partial charge on any atom is -0.480 e. The summed E-state index contributed by atoms with van der Waals surface area (Å²) in [6, 6.07) is 4.11. The molecule has 0 saturated heterocycles. The highest BCUT2D eigenvalue weighted by Gasteiger charge is 2.15. The van der Waals surface area contributed by atoms with Gasteiger partial charge in [-0.1, -0.05) is 11.6 Å². The molecule has 0 bridgehead atoms. The van der Waals surface area contributed by atoms with E-state index in [1.807, 2.05) is 0 Å². The zero-order valence-electron chi connectivity index (χ0n) is 7.97. The van der Waals surface area contributed by atoms with E-state index in [2.05, 4.69) is 4.72 Å². The predicted molar refractivity (Wildman–Crippen MR) is 60.9 cm³/mol. The summed E-state index contributed by atoms with van der Waals surface area (Å²) in [7, 11) is -3.91. The summed E-state index contributed by atoms with van der Waals surface area (Å²) in [5.74, 6) is -2.44. The second-order valence-electron chi connectivity index (χ2n) is 2.99. The molecule has 88 valence electrons. The third-order valence-electron chi connectivity index (χ3n) is 1.59. The summed E-state index contributed by atoms with van der Waals surface area (Å²) < 4.78 is 24.5. The molecule has 0 aliphatic carbocycles. The van der Waals surface area contributed by atoms with E-state index in [4.69, 9.17) is 22.4 Å². The van der Waals surface area contributed by atoms with Crippen LogP contribution in [-0.2, 0) is 14.8 Å². The Labute approximate surface area is 97.1 Å². The van der Waals surface area contributed by atoms with Crippen LogP contribution < -0.4 is 10.5 Å². The van der Waals surface area contributed by atoms with Crippen molar-refractivity contribution in [2.24, 2.45) is 0 Å². The van der Waals surface area contributed by atoms with Crippen molar-refractivity contribution in [3.63, 3.8) is 0 Å². The van der Waals surface area contributed by atoms with Crippen LogP contribution in [0.3, 0.4) is 0 Å². The fourth-order valence-electron chi connectivity index (χ4n) is 0.969. The lowest BCUT2D eigenvalue weighted by Crippen LogP contribution is -2.22. The summed E-state index contributed by atoms with van der Waals surface area (Å²) in [6.45, 7) is 0. The van der Waals surface area contributed by atoms with Crippen molar-refractivity contribution in [3.05, 3.63) is 23.2 Å². The lowest BCUT2D eigenvalue weighted by molar-refractivity contribution is -0.134. The highest BCUT2D eigenvalue weighted by Crippen LogP contribution is 2.23. The number of hydrogen-bond donors (Lipinski definition) is 3. The molecule has 0 atom stereocenters. The predicted octanol–water partition coefficient (Wildman–Crippen LogP) is 0.748. The third-order valence-corrected chi connectivity index (χ3v) is 3.09. The number of nitrogens with two attached hydrogens (primary N) is 1. The van der Waals surface area contributed by atoms with Gasteiger partial charge in [0.15, 0.2) is 5.75 Å². The van der Waals surface area contributed by atoms with Crippen LogP contribution in [0.4, 0.5) is 11.4 Å². The van der Waals surface area contributed by atoms with E-state index in [0.717, 1.165) is 0 Å². The molecular formula is C8H9ClN2O4S. The number of nitrogens with one attached hydrogen (secondary N) is 1. The van der Waals surface area contributed by atoms with Gasteiger partial charge in [0.2, 0.25) is 10.0 Å². The van der Waals surface area contributed by atoms with Crippen molar-refractivity contribution in [3.8, 4) is 0 Å². The number of aliphatic carboxylic acids is 1. The summed E-state index contributed by atoms with van der Waals surface area (Å²) in [5, 5.41) is 8.55. The molecule has 1 aromatic rings. The average Bonchev–Trinajstić information content (AvgIpc) is 2.08. The molecule has 0 unspecified atom stereocenters. The lowest BCUT2D eigenvalue weighted by Gasteiger charge is -2.07. The Morgan fingerprint density at radius 1 is 1.50 bits per heavy atom. The van der Waals surface area contributed by atoms with E-state index in [1.165, 1.54) is 18.2 Å². The number of halogens is 1. The minimum absolute atomic E-state index is 0.167. The van der Waals surface area contributed by atoms with Crippen LogP contribution in [-0.4, -0.2) is 25.2 Å². The number of hydrogen-bond acceptors (Lipinski definition) is 4. The Hall–Kier alpha value is -1.47. The van der Waals surface area contributed by atoms with Crippen LogP contribution in [0.5, 0.6) is 0 Å². The van der Waals surface area contributed by atoms with Gasteiger partial charge in [-0.25, -0.2) is 8.42 Å². The van der Waals surface area contributed by atoms with E-state index in [1.54, 1.807) is 0 Å². The molecule has 0 amide bonds. The molecule has 0 radical (unpaired) electrons. The molecule has 0 heterocycles. The topological polar surface area (TPSA) is 109 Å². The molecule has 0 aliphatic heterocycles. The van der Waals surface area contributed by atoms with E-state index in [9.17, 15) is 13.2 Å². The Kier molecular flexibility index (Phi) is 3.61. The quantitative estimate of drug-likeness (QED) is 0.695. The van der Waals surface area contributed by atoms with Crippen LogP contribution in [0.25, 0.3) is 0 Å². The molecule has 0 aromatic heterocycles. The van der Waals surface area contributed by atoms with Gasteiger partial charge in [-0.2, -0.15) is 0 Å². The van der Waals surface area contributed by atoms with E-state index in [-0.39, 0.29) is 10.7 Å². The van der Waals surface area contributed by atoms with Crippen molar-refractivity contribution >= 4 is 39.0 Å². The molecule has 6 nitrogen and oxygen atoms in total. The maximum absolute atomic E-state index is 11.2. The molecular weight excluding hydrogens is 256 g/mol. The first-order valence-corrected chi connectivity index (χ1v) is 6.10. The minimum atomic E-state index is -3.91. The van der Waals surface area contributed by atoms with Gasteiger partial charge in [-0.15, -0.1) is 0 Å². The molecule has 0 fully saturated rings. The number of nitrogen functional groups attached to an aromatic ring is 1. The second kappa shape index (κ2) is 4.58. The number of carboxylic acid groups (broad SMARTS) is 1. The van der Waals surface area contributed by atoms with Gasteiger partial charge in [0.25, 0.3) is 0 Å². The highest BCUT2D eigenvalue weighted by atomic mass is 35.5. The number of benzene rings is 1. The lowest BCUT2D eigenvalue weighted by atomic mass is 10.3. The van der Waals surface area contributed by atoms with Crippen molar-refractivity contribution in [1.29, 1.82) is 0 Å². The summed E-state index contributed by atoms with van der Waals surface area (Å²) in [5.41, 5.74) is 5.91. The molecule has 0 saturated carbocycles. The third kappa shape index (κ3) is 3.59. The standard InChI is InChI=1S/C8H9ClN2O4S/c9-6-3-5(1-2-7(6)10)11-16(14,15)4-8(12)13/h1-3,11H,4,10H2,(H,12,13). The van der Waals surface area contributed by atoms with Gasteiger partial charge in [0.1, 0.15) is 0 Å². The summed E-state index contributed by atoms with van der Waals surface area (Å²) >= 11 is 5.67. The first kappa shape index (κ1) is 12.6. The Balaban J connectivity index is 2.88. The zero-order valence-corrected chi connectivity index (χ0v) is 9.55. The molecule has 1 rings (SSSR count). The molecule has 0 aliphatic rings. The van der Waals surface area contributed by atoms with Crippen LogP contribution in [0.1, 0.15) is 0 Å². The molecule has 0 spiro atoms. The normalized spacial score (nSPS) is 11.1. The molecule has 8 heteroatoms. The molecule has 4 N–H and O–H groups in total. The second-order valence-corrected chi connectivity index (χ2v) is 5.12. The highest BCUT2D eigenvalue weighted by molar-refractivity contribution is 7.93. The summed E-state index contributed by atoms with van der Waals surface area (Å²) in [4.78, 5) is 10.3. The van der Waals surface area contributed by atoms with E-state index in [0.29, 0.717) is 5.69 Å². The van der Waals surface area contributed by atoms with Gasteiger partial charge < -0.3 is 10.8 Å². The summed E-state index contributed by atoms with van der Waals surface area (Å²) in [6.07, 6.45) is 0. The van der Waals surface area contributed by atoms with Crippen LogP contribution in [0, 0.1) is 0 Å². The molecule has 16 heavy (non-hydrogen) atoms. The number of carbonyl (C=O) groups is 1. The van der Waals surface area contributed by atoms with Gasteiger partial charge in [0, 0.05) is 0 Å². The van der Waals surface area contributed by atoms with E-state index >= 15 is 0 Å². The Morgan fingerprint density at radius 3 is 2.62 bits per heavy atom. The Bertz CT molecular complexity index is 515. The van der Waals surface area contributed by atoms with Crippen LogP contribution in [0.2, 0.25) is 5.02 Å². The number of sulfonamides is 1. The van der Waals surface area contributed by atoms with Gasteiger partial charge in [0.05, 0.1) is 16.4 Å². The van der Waals surface area contributed by atoms with Gasteiger partial charge in [-0.05, 0) is 18.2 Å². The largest absolute Gasteiger partial charge is 0.480 e. The first-order chi connectivity index (χ1) is 7.30. The number of carboxylic acids is 1. The van der Waals surface area contributed by atoms with E-state index < -0.39 is 21.7 Å². The SMILES string of the molecule is Nc1ccc(NS(=O)(=O)CC(=O)O)cc1Cl. The maximum Gasteiger partial charge on any atom is 0.320 e. The number of rotatable bonds is 4. The first-order valence-electron chi connectivity index (χ1n) is 4.07. The van der Waals surface area contributed by atoms with Gasteiger partial charge in [-0.3, -0.25) is 9.52 Å². The van der Waals surface area contributed by atoms with Crippen LogP contribution in [0.15, 0.2) is 18.2 Å². The zero-order chi connectivity index (χ0) is 12.3. The van der Waals surface area contributed by atoms with Crippen molar-refractivity contribution in [2.75, 3.05) is 16.2 Å². The smallest absolute Gasteiger partial charge is 0.320 e. The van der Waals surface area contributed by atoms with Crippen LogP contribution >= 0.6 is 11.6 Å². The van der Waals surface area contributed by atoms with Crippen molar-refractivity contribution < 1.29 is 18.3 Å². The van der Waals surface area contributed by atoms with Gasteiger partial charge >= 0.3 is 5.97 Å². The fourth-order valence-corrected chi connectivity index (χ4v) is 2.03. The van der Waals surface area contributed by atoms with Crippen molar-refractivity contribution in [1.82, 2.24) is 0 Å². The maximum atomic E-state index is 11.2. The monoisotopic (exact) mass is 264 g/mol. The average molecular weight is 265 g/mol.